The molecule has 4 rings (SSSR count). The Balaban J connectivity index is 1.45. The van der Waals surface area contributed by atoms with Gasteiger partial charge in [-0.2, -0.15) is 5.10 Å². The van der Waals surface area contributed by atoms with Gasteiger partial charge in [0.2, 0.25) is 0 Å². The van der Waals surface area contributed by atoms with Crippen LogP contribution in [0.2, 0.25) is 0 Å². The number of nitrogens with zero attached hydrogens (tertiary/aromatic N) is 2. The normalized spacial score (nSPS) is 10.7. The zero-order valence-electron chi connectivity index (χ0n) is 20.1. The van der Waals surface area contributed by atoms with Gasteiger partial charge in [-0.15, -0.1) is 13.0 Å². The van der Waals surface area contributed by atoms with E-state index in [9.17, 15) is 4.79 Å². The zero-order chi connectivity index (χ0) is 25.3. The molecule has 36 heavy (non-hydrogen) atoms. The Morgan fingerprint density at radius 3 is 2.58 bits per heavy atom. The molecule has 1 aromatic heterocycles. The number of aromatic nitrogens is 1. The molecule has 0 saturated heterocycles. The van der Waals surface area contributed by atoms with Crippen molar-refractivity contribution in [2.75, 3.05) is 6.61 Å². The van der Waals surface area contributed by atoms with Crippen LogP contribution in [0.25, 0.3) is 16.9 Å². The molecular weight excluding hydrogens is 446 g/mol. The van der Waals surface area contributed by atoms with Gasteiger partial charge in [0.05, 0.1) is 11.9 Å². The number of nitrogens with one attached hydrogen (secondary N) is 1. The van der Waals surface area contributed by atoms with E-state index in [0.717, 1.165) is 33.8 Å². The summed E-state index contributed by atoms with van der Waals surface area (Å²) in [5, 5.41) is 4.12. The van der Waals surface area contributed by atoms with E-state index in [1.165, 1.54) is 0 Å². The number of allylic oxidation sites excluding steroid dienone is 1. The number of aryl methyl sites for hydroxylation is 1. The molecule has 0 saturated carbocycles. The first-order valence-corrected chi connectivity index (χ1v) is 11.6. The molecule has 5 nitrogen and oxygen atoms in total. The van der Waals surface area contributed by atoms with E-state index < -0.39 is 0 Å². The van der Waals surface area contributed by atoms with Crippen LogP contribution in [0.3, 0.4) is 0 Å². The Hall–Kier alpha value is -4.82. The van der Waals surface area contributed by atoms with E-state index in [1.54, 1.807) is 24.4 Å². The highest BCUT2D eigenvalue weighted by molar-refractivity contribution is 5.95. The van der Waals surface area contributed by atoms with Crippen LogP contribution in [-0.2, 0) is 6.42 Å². The number of benzene rings is 3. The molecule has 0 atom stereocenters. The SMILES string of the molecule is C#CCOc1ccc(/C=N/NC(=O)c2ccc(-n3c(C)ccc3-c3ccccc3)cc2)cc1CC=C. The third kappa shape index (κ3) is 5.63. The lowest BCUT2D eigenvalue weighted by Gasteiger charge is -2.12. The second-order valence-corrected chi connectivity index (χ2v) is 8.16. The van der Waals surface area contributed by atoms with Crippen molar-refractivity contribution in [2.45, 2.75) is 13.3 Å². The molecule has 0 aliphatic heterocycles. The number of carbonyl (C=O) groups is 1. The van der Waals surface area contributed by atoms with Gasteiger partial charge in [0, 0.05) is 16.9 Å². The third-order valence-electron chi connectivity index (χ3n) is 5.67. The van der Waals surface area contributed by atoms with Crippen molar-refractivity contribution in [3.8, 4) is 35.0 Å². The van der Waals surface area contributed by atoms with Gasteiger partial charge in [-0.05, 0) is 84.6 Å². The van der Waals surface area contributed by atoms with Crippen molar-refractivity contribution in [2.24, 2.45) is 5.10 Å². The smallest absolute Gasteiger partial charge is 0.271 e. The van der Waals surface area contributed by atoms with Crippen LogP contribution in [-0.4, -0.2) is 23.3 Å². The second kappa shape index (κ2) is 11.5. The summed E-state index contributed by atoms with van der Waals surface area (Å²) < 4.78 is 7.74. The largest absolute Gasteiger partial charge is 0.481 e. The average molecular weight is 474 g/mol. The monoisotopic (exact) mass is 473 g/mol. The van der Waals surface area contributed by atoms with Crippen LogP contribution >= 0.6 is 0 Å². The van der Waals surface area contributed by atoms with Gasteiger partial charge in [0.1, 0.15) is 12.4 Å². The summed E-state index contributed by atoms with van der Waals surface area (Å²) in [7, 11) is 0. The van der Waals surface area contributed by atoms with Crippen molar-refractivity contribution in [1.29, 1.82) is 0 Å². The van der Waals surface area contributed by atoms with Crippen LogP contribution < -0.4 is 10.2 Å². The first-order chi connectivity index (χ1) is 17.6. The van der Waals surface area contributed by atoms with Crippen LogP contribution in [0, 0.1) is 19.3 Å². The molecule has 0 bridgehead atoms. The third-order valence-corrected chi connectivity index (χ3v) is 5.67. The van der Waals surface area contributed by atoms with E-state index in [4.69, 9.17) is 11.2 Å². The van der Waals surface area contributed by atoms with Gasteiger partial charge in [0.15, 0.2) is 0 Å². The molecule has 4 aromatic rings. The molecule has 0 aliphatic rings. The van der Waals surface area contributed by atoms with Crippen LogP contribution in [0.5, 0.6) is 5.75 Å². The van der Waals surface area contributed by atoms with Gasteiger partial charge in [-0.3, -0.25) is 4.79 Å². The quantitative estimate of drug-likeness (QED) is 0.141. The fourth-order valence-corrected chi connectivity index (χ4v) is 3.96. The van der Waals surface area contributed by atoms with E-state index in [2.05, 4.69) is 58.8 Å². The van der Waals surface area contributed by atoms with Gasteiger partial charge in [-0.1, -0.05) is 42.3 Å². The van der Waals surface area contributed by atoms with Gasteiger partial charge < -0.3 is 9.30 Å². The lowest BCUT2D eigenvalue weighted by molar-refractivity contribution is 0.0955. The van der Waals surface area contributed by atoms with Crippen molar-refractivity contribution < 1.29 is 9.53 Å². The molecule has 1 amide bonds. The van der Waals surface area contributed by atoms with Crippen molar-refractivity contribution in [3.63, 3.8) is 0 Å². The number of amides is 1. The molecule has 178 valence electrons. The summed E-state index contributed by atoms with van der Waals surface area (Å²) >= 11 is 0. The van der Waals surface area contributed by atoms with E-state index in [0.29, 0.717) is 17.7 Å². The Bertz CT molecular complexity index is 1430. The molecule has 1 N–H and O–H groups in total. The Morgan fingerprint density at radius 2 is 1.86 bits per heavy atom. The highest BCUT2D eigenvalue weighted by Crippen LogP contribution is 2.26. The van der Waals surface area contributed by atoms with Crippen molar-refractivity contribution >= 4 is 12.1 Å². The lowest BCUT2D eigenvalue weighted by atomic mass is 10.1. The maximum atomic E-state index is 12.6. The summed E-state index contributed by atoms with van der Waals surface area (Å²) in [6.45, 7) is 6.05. The standard InChI is InChI=1S/C31H27N3O2/c1-4-9-27-21-24(13-19-30(27)36-20-5-2)22-32-33-31(35)26-14-16-28(17-15-26)34-23(3)12-18-29(34)25-10-7-6-8-11-25/h2,4,6-8,10-19,21-22H,1,9,20H2,3H3,(H,33,35)/b32-22+. The molecule has 0 radical (unpaired) electrons. The maximum absolute atomic E-state index is 12.6. The highest BCUT2D eigenvalue weighted by atomic mass is 16.5. The minimum absolute atomic E-state index is 0.198. The maximum Gasteiger partial charge on any atom is 0.271 e. The Labute approximate surface area is 211 Å². The predicted octanol–water partition coefficient (Wildman–Crippen LogP) is 5.96. The van der Waals surface area contributed by atoms with Gasteiger partial charge in [-0.25, -0.2) is 5.43 Å². The minimum Gasteiger partial charge on any atom is -0.481 e. The molecule has 0 unspecified atom stereocenters. The fraction of sp³-hybridized carbons (Fsp3) is 0.0968. The number of ether oxygens (including phenoxy) is 1. The topological polar surface area (TPSA) is 55.6 Å². The van der Waals surface area contributed by atoms with Crippen molar-refractivity contribution in [1.82, 2.24) is 9.99 Å². The molecule has 3 aromatic carbocycles. The second-order valence-electron chi connectivity index (χ2n) is 8.16. The molecule has 1 heterocycles. The van der Waals surface area contributed by atoms with Crippen LogP contribution in [0.1, 0.15) is 27.2 Å². The summed E-state index contributed by atoms with van der Waals surface area (Å²) in [5.41, 5.74) is 9.22. The number of hydrogen-bond acceptors (Lipinski definition) is 3. The lowest BCUT2D eigenvalue weighted by Crippen LogP contribution is -2.17. The predicted molar refractivity (Wildman–Crippen MR) is 146 cm³/mol. The molecule has 0 fully saturated rings. The number of hydrazone groups is 1. The highest BCUT2D eigenvalue weighted by Gasteiger charge is 2.11. The first kappa shape index (κ1) is 24.3. The summed E-state index contributed by atoms with van der Waals surface area (Å²) in [5.74, 6) is 2.89. The van der Waals surface area contributed by atoms with Crippen LogP contribution in [0.15, 0.2) is 103 Å². The average Bonchev–Trinajstić information content (AvgIpc) is 3.30. The number of hydrogen-bond donors (Lipinski definition) is 1. The molecule has 5 heteroatoms. The summed E-state index contributed by atoms with van der Waals surface area (Å²) in [6, 6.07) is 27.5. The van der Waals surface area contributed by atoms with E-state index in [1.807, 2.05) is 48.5 Å². The zero-order valence-corrected chi connectivity index (χ0v) is 20.1. The number of rotatable bonds is 9. The molecular formula is C31H27N3O2. The molecule has 0 aliphatic carbocycles. The molecule has 0 spiro atoms. The number of carbonyl (C=O) groups excluding carboxylic acids is 1. The fourth-order valence-electron chi connectivity index (χ4n) is 3.96. The van der Waals surface area contributed by atoms with Crippen molar-refractivity contribution in [3.05, 3.63) is 120 Å². The Morgan fingerprint density at radius 1 is 1.08 bits per heavy atom. The van der Waals surface area contributed by atoms with E-state index in [-0.39, 0.29) is 12.5 Å². The Kier molecular flexibility index (Phi) is 7.80. The summed E-state index contributed by atoms with van der Waals surface area (Å²) in [4.78, 5) is 12.6. The number of terminal acetylenes is 1. The summed E-state index contributed by atoms with van der Waals surface area (Å²) in [6.07, 6.45) is 9.31. The first-order valence-electron chi connectivity index (χ1n) is 11.6. The van der Waals surface area contributed by atoms with Gasteiger partial charge >= 0.3 is 0 Å². The van der Waals surface area contributed by atoms with E-state index >= 15 is 0 Å². The van der Waals surface area contributed by atoms with Crippen LogP contribution in [0.4, 0.5) is 0 Å². The van der Waals surface area contributed by atoms with Gasteiger partial charge in [0.25, 0.3) is 5.91 Å². The minimum atomic E-state index is -0.286.